The molecule has 3 rings (SSSR count). The summed E-state index contributed by atoms with van der Waals surface area (Å²) < 4.78 is 17.7. The van der Waals surface area contributed by atoms with E-state index in [1.807, 2.05) is 0 Å². The van der Waals surface area contributed by atoms with Crippen molar-refractivity contribution < 1.29 is 101 Å². The first-order chi connectivity index (χ1) is 49.9. The molecule has 0 spiro atoms. The van der Waals surface area contributed by atoms with Gasteiger partial charge < -0.3 is 60.6 Å². The lowest BCUT2D eigenvalue weighted by Gasteiger charge is -2.18. The van der Waals surface area contributed by atoms with Gasteiger partial charge in [-0.15, -0.1) is 15.2 Å². The molecular weight excluding hydrogens is 1340 g/mol. The summed E-state index contributed by atoms with van der Waals surface area (Å²) in [7, 11) is 0. The monoisotopic (exact) mass is 1460 g/mol. The fourth-order valence-electron chi connectivity index (χ4n) is 11.3. The van der Waals surface area contributed by atoms with E-state index in [4.69, 9.17) is 28.7 Å². The van der Waals surface area contributed by atoms with Crippen LogP contribution in [0.15, 0.2) is 0 Å². The van der Waals surface area contributed by atoms with Gasteiger partial charge in [-0.25, -0.2) is 14.4 Å². The highest BCUT2D eigenvalue weighted by molar-refractivity contribution is 6.03. The standard InChI is InChI=1S/C73H121N9O21/c83-59(74-46-25-16-4-10-22-34-71(95)101-80-65(89)37-38-66(80)90)31-19-7-1-13-28-49-77-62(86)43-52-98-55-58(56-99-53-44-63(87)78-50-29-14-2-8-20-32-60(84)75-47-26-17-5-11-23-35-72(96)102-81-67(91)39-40-68(81)92)57-100-54-45-64(88)79-51-30-15-3-9-21-33-61(85)76-48-27-18-6-12-24-36-73(97)103-82-69(93)41-42-70(82)94/h58H,1-57H2,(H,74,83)(H,75,84)(H,76,85)(H,77,86)(H,78,87)(H,79,88). The first kappa shape index (κ1) is 89.7. The van der Waals surface area contributed by atoms with Gasteiger partial charge in [-0.2, -0.15) is 0 Å². The highest BCUT2D eigenvalue weighted by Gasteiger charge is 2.35. The van der Waals surface area contributed by atoms with E-state index in [-0.39, 0.29) is 158 Å². The first-order valence-corrected chi connectivity index (χ1v) is 38.4. The van der Waals surface area contributed by atoms with Gasteiger partial charge in [0.25, 0.3) is 35.4 Å². The number of ether oxygens (including phenoxy) is 3. The van der Waals surface area contributed by atoms with Crippen LogP contribution in [0.4, 0.5) is 0 Å². The molecule has 103 heavy (non-hydrogen) atoms. The van der Waals surface area contributed by atoms with E-state index >= 15 is 0 Å². The van der Waals surface area contributed by atoms with E-state index in [0.717, 1.165) is 173 Å². The van der Waals surface area contributed by atoms with Crippen LogP contribution in [0.25, 0.3) is 0 Å². The van der Waals surface area contributed by atoms with Gasteiger partial charge in [-0.05, 0) is 77.0 Å². The minimum Gasteiger partial charge on any atom is -0.380 e. The number of hydrogen-bond donors (Lipinski definition) is 6. The van der Waals surface area contributed by atoms with E-state index in [1.165, 1.54) is 0 Å². The van der Waals surface area contributed by atoms with Gasteiger partial charge in [0.1, 0.15) is 0 Å². The molecule has 3 heterocycles. The van der Waals surface area contributed by atoms with Crippen LogP contribution in [0.2, 0.25) is 0 Å². The zero-order valence-electron chi connectivity index (χ0n) is 61.3. The van der Waals surface area contributed by atoms with Crippen molar-refractivity contribution >= 4 is 88.8 Å². The van der Waals surface area contributed by atoms with Gasteiger partial charge >= 0.3 is 17.9 Å². The molecule has 6 N–H and O–H groups in total. The molecule has 0 aromatic rings. The molecule has 3 aliphatic heterocycles. The van der Waals surface area contributed by atoms with Gasteiger partial charge in [0.2, 0.25) is 35.4 Å². The molecule has 30 nitrogen and oxygen atoms in total. The Kier molecular flexibility index (Phi) is 51.3. The number of nitrogens with zero attached hydrogens (tertiary/aromatic N) is 3. The molecule has 0 aromatic carbocycles. The molecule has 0 radical (unpaired) electrons. The zero-order chi connectivity index (χ0) is 74.8. The van der Waals surface area contributed by atoms with E-state index in [0.29, 0.717) is 93.0 Å². The summed E-state index contributed by atoms with van der Waals surface area (Å²) in [4.78, 5) is 195. The molecule has 0 aliphatic carbocycles. The van der Waals surface area contributed by atoms with E-state index in [1.54, 1.807) is 0 Å². The third-order valence-electron chi connectivity index (χ3n) is 17.4. The average Bonchev–Trinajstić information content (AvgIpc) is 1.75. The Hall–Kier alpha value is -7.47. The summed E-state index contributed by atoms with van der Waals surface area (Å²) in [5, 5.41) is 19.4. The number of amides is 12. The Morgan fingerprint density at radius 1 is 0.243 bits per heavy atom. The maximum atomic E-state index is 12.6. The van der Waals surface area contributed by atoms with Crippen molar-refractivity contribution in [1.29, 1.82) is 0 Å². The normalized spacial score (nSPS) is 13.7. The second-order valence-corrected chi connectivity index (χ2v) is 26.7. The third-order valence-corrected chi connectivity index (χ3v) is 17.4. The highest BCUT2D eigenvalue weighted by Crippen LogP contribution is 2.18. The van der Waals surface area contributed by atoms with Crippen molar-refractivity contribution in [2.24, 2.45) is 5.92 Å². The SMILES string of the molecule is O=C(CCCCCCCNC(=O)CCOCC(COCCC(=O)NCCCCCCCC(=O)NCCCCCCCC(=O)ON1C(=O)CCC1=O)COCCC(=O)NCCCCCCCC(=O)NCCCCCCCC(=O)ON1C(=O)CCC1=O)NCCCCCCCC(=O)ON1C(=O)CCC1=O. The zero-order valence-corrected chi connectivity index (χ0v) is 61.3. The van der Waals surface area contributed by atoms with E-state index < -0.39 is 53.4 Å². The predicted molar refractivity (Wildman–Crippen MR) is 376 cm³/mol. The van der Waals surface area contributed by atoms with Crippen LogP contribution < -0.4 is 31.9 Å². The third kappa shape index (κ3) is 47.5. The van der Waals surface area contributed by atoms with Crippen LogP contribution in [0, 0.1) is 5.92 Å². The van der Waals surface area contributed by atoms with E-state index in [2.05, 4.69) is 31.9 Å². The smallest absolute Gasteiger partial charge is 0.333 e. The van der Waals surface area contributed by atoms with E-state index in [9.17, 15) is 71.9 Å². The van der Waals surface area contributed by atoms with Gasteiger partial charge in [0, 0.05) is 141 Å². The fraction of sp³-hybridized carbons (Fsp3) is 0.795. The van der Waals surface area contributed by atoms with Gasteiger partial charge in [0.05, 0.1) is 39.6 Å². The quantitative estimate of drug-likeness (QED) is 0.0255. The Morgan fingerprint density at radius 2 is 0.417 bits per heavy atom. The van der Waals surface area contributed by atoms with Crippen molar-refractivity contribution in [3.8, 4) is 0 Å². The maximum absolute atomic E-state index is 12.6. The first-order valence-electron chi connectivity index (χ1n) is 38.4. The van der Waals surface area contributed by atoms with Crippen molar-refractivity contribution in [2.45, 2.75) is 289 Å². The molecule has 0 bridgehead atoms. The van der Waals surface area contributed by atoms with Gasteiger partial charge in [0.15, 0.2) is 0 Å². The molecule has 584 valence electrons. The fourth-order valence-corrected chi connectivity index (χ4v) is 11.3. The molecule has 0 unspecified atom stereocenters. The number of hydroxylamine groups is 6. The number of carbonyl (C=O) groups is 15. The van der Waals surface area contributed by atoms with Crippen molar-refractivity contribution in [3.63, 3.8) is 0 Å². The van der Waals surface area contributed by atoms with Crippen molar-refractivity contribution in [3.05, 3.63) is 0 Å². The summed E-state index contributed by atoms with van der Waals surface area (Å²) >= 11 is 0. The minimum atomic E-state index is -0.590. The number of unbranched alkanes of at least 4 members (excludes halogenated alkanes) is 24. The Balaban J connectivity index is 1.19. The average molecular weight is 1460 g/mol. The van der Waals surface area contributed by atoms with Crippen LogP contribution in [0.1, 0.15) is 289 Å². The topological polar surface area (TPSA) is 393 Å². The lowest BCUT2D eigenvalue weighted by molar-refractivity contribution is -0.197. The molecule has 3 aliphatic rings. The van der Waals surface area contributed by atoms with Crippen molar-refractivity contribution in [1.82, 2.24) is 47.1 Å². The summed E-state index contributed by atoms with van der Waals surface area (Å²) in [6.45, 7) is 4.63. The molecule has 3 fully saturated rings. The molecule has 0 atom stereocenters. The summed E-state index contributed by atoms with van der Waals surface area (Å²) in [6.07, 6.45) is 27.7. The van der Waals surface area contributed by atoms with Crippen molar-refractivity contribution in [2.75, 3.05) is 78.9 Å². The minimum absolute atomic E-state index is 0.0198. The van der Waals surface area contributed by atoms with Crippen LogP contribution in [0.5, 0.6) is 0 Å². The molecule has 0 saturated carbocycles. The molecule has 12 amide bonds. The Bertz CT molecular complexity index is 2270. The van der Waals surface area contributed by atoms with Crippen LogP contribution in [-0.2, 0) is 101 Å². The Morgan fingerprint density at radius 3 is 0.631 bits per heavy atom. The summed E-state index contributed by atoms with van der Waals surface area (Å²) in [6, 6.07) is 0. The number of hydrogen-bond acceptors (Lipinski definition) is 21. The van der Waals surface area contributed by atoms with Gasteiger partial charge in [-0.1, -0.05) is 116 Å². The number of carbonyl (C=O) groups excluding carboxylic acids is 15. The molecule has 30 heteroatoms. The summed E-state index contributed by atoms with van der Waals surface area (Å²) in [5.74, 6) is -5.27. The number of rotatable bonds is 66. The predicted octanol–water partition coefficient (Wildman–Crippen LogP) is 7.39. The lowest BCUT2D eigenvalue weighted by atomic mass is 10.1. The highest BCUT2D eigenvalue weighted by atomic mass is 16.7. The second kappa shape index (κ2) is 58.9. The number of imide groups is 3. The summed E-state index contributed by atoms with van der Waals surface area (Å²) in [5.41, 5.74) is 0. The Labute approximate surface area is 608 Å². The molecule has 0 aromatic heterocycles. The molecule has 3 saturated heterocycles. The lowest BCUT2D eigenvalue weighted by Crippen LogP contribution is -2.31. The maximum Gasteiger partial charge on any atom is 0.333 e. The molecular formula is C73H121N9O21. The van der Waals surface area contributed by atoms with Crippen LogP contribution in [-0.4, -0.2) is 183 Å². The second-order valence-electron chi connectivity index (χ2n) is 26.7. The largest absolute Gasteiger partial charge is 0.380 e. The van der Waals surface area contributed by atoms with Crippen LogP contribution >= 0.6 is 0 Å². The number of nitrogens with one attached hydrogen (secondary N) is 6. The van der Waals surface area contributed by atoms with Crippen LogP contribution in [0.3, 0.4) is 0 Å². The van der Waals surface area contributed by atoms with Gasteiger partial charge in [-0.3, -0.25) is 57.5 Å².